The summed E-state index contributed by atoms with van der Waals surface area (Å²) in [7, 11) is 0. The van der Waals surface area contributed by atoms with E-state index in [1.54, 1.807) is 6.08 Å². The number of aliphatic hydroxyl groups excluding tert-OH is 2. The van der Waals surface area contributed by atoms with E-state index < -0.39 is 12.1 Å². The number of hydrogen-bond donors (Lipinski definition) is 3. The number of nitrogens with one attached hydrogen (secondary N) is 1. The number of aliphatic hydroxyl groups is 2. The highest BCUT2D eigenvalue weighted by Gasteiger charge is 2.18. The molecule has 0 fully saturated rings. The second kappa shape index (κ2) is 61.1. The molecule has 0 aliphatic carbocycles. The van der Waals surface area contributed by atoms with Gasteiger partial charge in [0.1, 0.15) is 0 Å². The summed E-state index contributed by atoms with van der Waals surface area (Å²) in [6.07, 6.45) is 88.1. The third-order valence-corrected chi connectivity index (χ3v) is 14.2. The van der Waals surface area contributed by atoms with Crippen LogP contribution in [-0.4, -0.2) is 34.9 Å². The van der Waals surface area contributed by atoms with Gasteiger partial charge in [0.15, 0.2) is 0 Å². The monoisotopic (exact) mass is 976 g/mol. The van der Waals surface area contributed by atoms with Gasteiger partial charge in [-0.25, -0.2) is 0 Å². The quantitative estimate of drug-likeness (QED) is 0.0420. The smallest absolute Gasteiger partial charge is 0.220 e. The lowest BCUT2D eigenvalue weighted by atomic mass is 10.0. The zero-order valence-electron chi connectivity index (χ0n) is 47.0. The van der Waals surface area contributed by atoms with Gasteiger partial charge in [0.2, 0.25) is 5.91 Å². The van der Waals surface area contributed by atoms with Crippen LogP contribution >= 0.6 is 0 Å². The Labute approximate surface area is 438 Å². The van der Waals surface area contributed by atoms with Crippen molar-refractivity contribution in [2.24, 2.45) is 0 Å². The Morgan fingerprint density at radius 2 is 0.629 bits per heavy atom. The van der Waals surface area contributed by atoms with Gasteiger partial charge in [-0.15, -0.1) is 0 Å². The first-order valence-electron chi connectivity index (χ1n) is 31.2. The Morgan fingerprint density at radius 1 is 0.357 bits per heavy atom. The number of allylic oxidation sites excluding steroid dienone is 11. The van der Waals surface area contributed by atoms with E-state index in [1.807, 2.05) is 6.08 Å². The van der Waals surface area contributed by atoms with Crippen molar-refractivity contribution >= 4 is 5.91 Å². The molecule has 2 unspecified atom stereocenters. The zero-order valence-corrected chi connectivity index (χ0v) is 47.0. The summed E-state index contributed by atoms with van der Waals surface area (Å²) >= 11 is 0. The summed E-state index contributed by atoms with van der Waals surface area (Å²) in [6.45, 7) is 4.22. The van der Waals surface area contributed by atoms with Crippen molar-refractivity contribution < 1.29 is 15.0 Å². The van der Waals surface area contributed by atoms with Gasteiger partial charge < -0.3 is 15.5 Å². The molecule has 70 heavy (non-hydrogen) atoms. The predicted molar refractivity (Wildman–Crippen MR) is 313 cm³/mol. The molecule has 4 heteroatoms. The molecule has 0 aromatic carbocycles. The Morgan fingerprint density at radius 3 is 0.943 bits per heavy atom. The van der Waals surface area contributed by atoms with E-state index in [2.05, 4.69) is 79.9 Å². The Bertz CT molecular complexity index is 1200. The van der Waals surface area contributed by atoms with Crippen LogP contribution in [0.1, 0.15) is 322 Å². The maximum atomic E-state index is 12.5. The lowest BCUT2D eigenvalue weighted by Crippen LogP contribution is -2.45. The fraction of sp³-hybridized carbons (Fsp3) is 0.803. The molecule has 0 aliphatic rings. The summed E-state index contributed by atoms with van der Waals surface area (Å²) in [4.78, 5) is 12.5. The molecule has 0 saturated heterocycles. The summed E-state index contributed by atoms with van der Waals surface area (Å²) < 4.78 is 0. The van der Waals surface area contributed by atoms with Gasteiger partial charge in [-0.1, -0.05) is 324 Å². The second-order valence-electron chi connectivity index (χ2n) is 21.1. The Kier molecular flexibility index (Phi) is 59.2. The number of carbonyl (C=O) groups excluding carboxylic acids is 1. The molecule has 0 spiro atoms. The summed E-state index contributed by atoms with van der Waals surface area (Å²) in [6, 6.07) is -0.622. The summed E-state index contributed by atoms with van der Waals surface area (Å²) in [5, 5.41) is 23.2. The van der Waals surface area contributed by atoms with Crippen LogP contribution in [0.5, 0.6) is 0 Å². The van der Waals surface area contributed by atoms with Gasteiger partial charge in [0.05, 0.1) is 18.8 Å². The number of carbonyl (C=O) groups is 1. The standard InChI is InChI=1S/C66H121NO3/c1-3-5-7-9-11-13-15-17-19-21-22-23-24-25-26-27-28-29-30-31-32-33-34-35-36-37-38-39-40-41-42-43-44-46-48-50-52-54-56-58-60-62-66(70)67-64(63-68)65(69)61-59-57-55-53-51-49-47-45-20-18-16-14-12-10-8-6-4-2/h5,7,11,13,17,19,22-23,25-26,59,61,64-65,68-69H,3-4,6,8-10,12,14-16,18,20-21,24,27-58,60,62-63H2,1-2H3,(H,67,70)/b7-5-,13-11-,19-17-,23-22-,26-25-,61-59+. The van der Waals surface area contributed by atoms with Gasteiger partial charge in [-0.3, -0.25) is 4.79 Å². The average molecular weight is 977 g/mol. The first-order chi connectivity index (χ1) is 34.7. The molecule has 408 valence electrons. The molecule has 0 saturated carbocycles. The van der Waals surface area contributed by atoms with Crippen LogP contribution in [-0.2, 0) is 4.79 Å². The van der Waals surface area contributed by atoms with Gasteiger partial charge in [0.25, 0.3) is 0 Å². The van der Waals surface area contributed by atoms with Gasteiger partial charge >= 0.3 is 0 Å². The third kappa shape index (κ3) is 56.7. The molecule has 4 nitrogen and oxygen atoms in total. The van der Waals surface area contributed by atoms with E-state index in [9.17, 15) is 15.0 Å². The highest BCUT2D eigenvalue weighted by atomic mass is 16.3. The zero-order chi connectivity index (χ0) is 50.6. The minimum Gasteiger partial charge on any atom is -0.394 e. The molecule has 0 rings (SSSR count). The highest BCUT2D eigenvalue weighted by molar-refractivity contribution is 5.76. The highest BCUT2D eigenvalue weighted by Crippen LogP contribution is 2.18. The van der Waals surface area contributed by atoms with E-state index in [1.165, 1.54) is 244 Å². The lowest BCUT2D eigenvalue weighted by molar-refractivity contribution is -0.123. The normalized spacial score (nSPS) is 13.3. The van der Waals surface area contributed by atoms with Crippen molar-refractivity contribution in [3.05, 3.63) is 72.9 Å². The van der Waals surface area contributed by atoms with Crippen LogP contribution < -0.4 is 5.32 Å². The summed E-state index contributed by atoms with van der Waals surface area (Å²) in [5.41, 5.74) is 0. The first kappa shape index (κ1) is 67.8. The van der Waals surface area contributed by atoms with Crippen LogP contribution in [0.25, 0.3) is 0 Å². The topological polar surface area (TPSA) is 69.6 Å². The molecule has 0 radical (unpaired) electrons. The van der Waals surface area contributed by atoms with E-state index in [0.29, 0.717) is 6.42 Å². The van der Waals surface area contributed by atoms with Crippen LogP contribution in [0.3, 0.4) is 0 Å². The minimum atomic E-state index is -0.839. The SMILES string of the molecule is CC/C=C\C/C=C\C/C=C\C/C=C\C/C=C\CCCCCCCCCCCCCCCCCCCCCCCCCCCC(=O)NC(CO)C(O)/C=C/CCCCCCCCCCCCCCCCC. The van der Waals surface area contributed by atoms with Crippen LogP contribution in [0.2, 0.25) is 0 Å². The molecule has 0 aromatic heterocycles. The second-order valence-corrected chi connectivity index (χ2v) is 21.1. The van der Waals surface area contributed by atoms with Crippen molar-refractivity contribution in [2.75, 3.05) is 6.61 Å². The maximum absolute atomic E-state index is 12.5. The predicted octanol–water partition coefficient (Wildman–Crippen LogP) is 20.9. The van der Waals surface area contributed by atoms with E-state index >= 15 is 0 Å². The number of amides is 1. The average Bonchev–Trinajstić information content (AvgIpc) is 3.36. The van der Waals surface area contributed by atoms with Gasteiger partial charge in [0, 0.05) is 6.42 Å². The Balaban J connectivity index is 3.41. The van der Waals surface area contributed by atoms with E-state index in [4.69, 9.17) is 0 Å². The van der Waals surface area contributed by atoms with Crippen LogP contribution in [0, 0.1) is 0 Å². The Hall–Kier alpha value is -2.17. The van der Waals surface area contributed by atoms with Crippen LogP contribution in [0.4, 0.5) is 0 Å². The molecular formula is C66H121NO3. The molecule has 0 aliphatic heterocycles. The lowest BCUT2D eigenvalue weighted by Gasteiger charge is -2.20. The van der Waals surface area contributed by atoms with Crippen molar-refractivity contribution in [3.63, 3.8) is 0 Å². The fourth-order valence-electron chi connectivity index (χ4n) is 9.50. The van der Waals surface area contributed by atoms with Crippen molar-refractivity contribution in [2.45, 2.75) is 334 Å². The van der Waals surface area contributed by atoms with Crippen molar-refractivity contribution in [1.82, 2.24) is 5.32 Å². The maximum Gasteiger partial charge on any atom is 0.220 e. The molecule has 2 atom stereocenters. The van der Waals surface area contributed by atoms with Crippen molar-refractivity contribution in [1.29, 1.82) is 0 Å². The largest absolute Gasteiger partial charge is 0.394 e. The fourth-order valence-corrected chi connectivity index (χ4v) is 9.50. The van der Waals surface area contributed by atoms with Gasteiger partial charge in [-0.05, 0) is 64.2 Å². The molecular weight excluding hydrogens is 855 g/mol. The van der Waals surface area contributed by atoms with Gasteiger partial charge in [-0.2, -0.15) is 0 Å². The molecule has 1 amide bonds. The molecule has 0 bridgehead atoms. The van der Waals surface area contributed by atoms with Crippen molar-refractivity contribution in [3.8, 4) is 0 Å². The molecule has 0 aromatic rings. The third-order valence-electron chi connectivity index (χ3n) is 14.2. The van der Waals surface area contributed by atoms with E-state index in [0.717, 1.165) is 57.8 Å². The van der Waals surface area contributed by atoms with E-state index in [-0.39, 0.29) is 12.5 Å². The number of unbranched alkanes of at least 4 members (excludes halogenated alkanes) is 40. The number of hydrogen-bond acceptors (Lipinski definition) is 3. The molecule has 3 N–H and O–H groups in total. The van der Waals surface area contributed by atoms with Crippen LogP contribution in [0.15, 0.2) is 72.9 Å². The summed E-state index contributed by atoms with van der Waals surface area (Å²) in [5.74, 6) is -0.0591. The minimum absolute atomic E-state index is 0.0591. The first-order valence-corrected chi connectivity index (χ1v) is 31.2. The number of rotatable bonds is 57. The molecule has 0 heterocycles.